The van der Waals surface area contributed by atoms with Crippen molar-refractivity contribution in [3.8, 4) is 0 Å². The summed E-state index contributed by atoms with van der Waals surface area (Å²) in [4.78, 5) is 2.61. The minimum atomic E-state index is 0. The molecule has 0 aliphatic carbocycles. The normalized spacial score (nSPS) is 10.6. The van der Waals surface area contributed by atoms with Crippen LogP contribution >= 0.6 is 0 Å². The molecule has 0 N–H and O–H groups in total. The van der Waals surface area contributed by atoms with Crippen LogP contribution < -0.4 is 0 Å². The number of hydrogen-bond donors (Lipinski definition) is 0. The molecule has 0 bridgehead atoms. The first-order valence-corrected chi connectivity index (χ1v) is 7.36. The van der Waals surface area contributed by atoms with Crippen LogP contribution in [0.4, 0.5) is 0 Å². The molecule has 17 heavy (non-hydrogen) atoms. The molecule has 0 atom stereocenters. The molecule has 0 aromatic heterocycles. The molecule has 0 aliphatic rings. The summed E-state index contributed by atoms with van der Waals surface area (Å²) >= 11 is 0. The predicted octanol–water partition coefficient (Wildman–Crippen LogP) is 4.02. The Morgan fingerprint density at radius 2 is 1.18 bits per heavy atom. The van der Waals surface area contributed by atoms with Crippen LogP contribution in [-0.2, 0) is 0 Å². The predicted molar refractivity (Wildman–Crippen MR) is 81.8 cm³/mol. The van der Waals surface area contributed by atoms with Crippen molar-refractivity contribution in [1.29, 1.82) is 0 Å². The fraction of sp³-hybridized carbons (Fsp3) is 0.933. The summed E-state index contributed by atoms with van der Waals surface area (Å²) in [5.74, 6) is 0. The Morgan fingerprint density at radius 1 is 0.706 bits per heavy atom. The fourth-order valence-corrected chi connectivity index (χ4v) is 2.08. The summed E-state index contributed by atoms with van der Waals surface area (Å²) in [6.07, 6.45) is 12.1. The third-order valence-electron chi connectivity index (χ3n) is 3.13. The fourth-order valence-electron chi connectivity index (χ4n) is 2.08. The SMILES string of the molecule is [CH2]CCN(CCCCCC)CCCCCC.[LiH]. The Labute approximate surface area is 122 Å². The summed E-state index contributed by atoms with van der Waals surface area (Å²) in [5, 5.41) is 0. The molecular weight excluding hydrogens is 201 g/mol. The van der Waals surface area contributed by atoms with Gasteiger partial charge < -0.3 is 4.90 Å². The summed E-state index contributed by atoms with van der Waals surface area (Å²) in [6, 6.07) is 0. The summed E-state index contributed by atoms with van der Waals surface area (Å²) in [5.41, 5.74) is 0. The van der Waals surface area contributed by atoms with Gasteiger partial charge in [0.05, 0.1) is 0 Å². The molecule has 0 rings (SSSR count). The standard InChI is InChI=1S/C15H32N.Li.H/c1-4-7-9-11-14-16(13-6-3)15-12-10-8-5-2;;/h3-15H2,1-2H3;;. The Balaban J connectivity index is 0. The maximum atomic E-state index is 3.97. The van der Waals surface area contributed by atoms with Gasteiger partial charge in [0.2, 0.25) is 0 Å². The van der Waals surface area contributed by atoms with Gasteiger partial charge in [0.15, 0.2) is 0 Å². The van der Waals surface area contributed by atoms with Crippen LogP contribution in [0.15, 0.2) is 0 Å². The van der Waals surface area contributed by atoms with E-state index in [9.17, 15) is 0 Å². The zero-order valence-corrected chi connectivity index (χ0v) is 11.6. The van der Waals surface area contributed by atoms with Crippen LogP contribution in [0.2, 0.25) is 0 Å². The van der Waals surface area contributed by atoms with Gasteiger partial charge in [-0.05, 0) is 38.9 Å². The summed E-state index contributed by atoms with van der Waals surface area (Å²) in [7, 11) is 0. The zero-order chi connectivity index (χ0) is 12.1. The first-order valence-electron chi connectivity index (χ1n) is 7.36. The van der Waals surface area contributed by atoms with Gasteiger partial charge >= 0.3 is 18.9 Å². The molecular formula is C15H33LiN. The van der Waals surface area contributed by atoms with E-state index in [1.54, 1.807) is 0 Å². The second-order valence-corrected chi connectivity index (χ2v) is 4.82. The van der Waals surface area contributed by atoms with Gasteiger partial charge in [-0.3, -0.25) is 0 Å². The van der Waals surface area contributed by atoms with Gasteiger partial charge in [-0.1, -0.05) is 59.3 Å². The van der Waals surface area contributed by atoms with E-state index in [1.165, 1.54) is 71.0 Å². The van der Waals surface area contributed by atoms with E-state index in [0.717, 1.165) is 6.42 Å². The molecule has 0 aliphatic heterocycles. The number of nitrogens with zero attached hydrogens (tertiary/aromatic N) is 1. The molecule has 0 saturated heterocycles. The van der Waals surface area contributed by atoms with E-state index in [4.69, 9.17) is 0 Å². The van der Waals surface area contributed by atoms with Gasteiger partial charge in [-0.25, -0.2) is 0 Å². The molecule has 0 aromatic rings. The molecule has 2 heteroatoms. The minimum absolute atomic E-state index is 0. The van der Waals surface area contributed by atoms with Crippen LogP contribution in [-0.4, -0.2) is 43.4 Å². The van der Waals surface area contributed by atoms with Crippen molar-refractivity contribution in [3.63, 3.8) is 0 Å². The van der Waals surface area contributed by atoms with E-state index < -0.39 is 0 Å². The van der Waals surface area contributed by atoms with Gasteiger partial charge in [0.25, 0.3) is 0 Å². The topological polar surface area (TPSA) is 3.24 Å². The van der Waals surface area contributed by atoms with Crippen molar-refractivity contribution in [2.24, 2.45) is 0 Å². The Kier molecular flexibility index (Phi) is 19.4. The molecule has 99 valence electrons. The Morgan fingerprint density at radius 3 is 1.53 bits per heavy atom. The van der Waals surface area contributed by atoms with Crippen molar-refractivity contribution >= 4 is 18.9 Å². The molecule has 0 saturated carbocycles. The summed E-state index contributed by atoms with van der Waals surface area (Å²) in [6.45, 7) is 12.3. The second kappa shape index (κ2) is 16.6. The van der Waals surface area contributed by atoms with Crippen molar-refractivity contribution in [1.82, 2.24) is 4.90 Å². The van der Waals surface area contributed by atoms with E-state index in [2.05, 4.69) is 25.7 Å². The third kappa shape index (κ3) is 14.5. The van der Waals surface area contributed by atoms with Crippen molar-refractivity contribution in [3.05, 3.63) is 6.92 Å². The van der Waals surface area contributed by atoms with Crippen LogP contribution in [0.1, 0.15) is 71.6 Å². The second-order valence-electron chi connectivity index (χ2n) is 4.82. The Bertz CT molecular complexity index is 116. The van der Waals surface area contributed by atoms with Gasteiger partial charge in [0.1, 0.15) is 0 Å². The van der Waals surface area contributed by atoms with E-state index in [-0.39, 0.29) is 18.9 Å². The molecule has 1 radical (unpaired) electrons. The monoisotopic (exact) mass is 234 g/mol. The molecule has 0 aromatic carbocycles. The summed E-state index contributed by atoms with van der Waals surface area (Å²) < 4.78 is 0. The van der Waals surface area contributed by atoms with E-state index in [1.807, 2.05) is 0 Å². The van der Waals surface area contributed by atoms with Crippen LogP contribution in [0.5, 0.6) is 0 Å². The average molecular weight is 234 g/mol. The Hall–Kier alpha value is 0.557. The molecule has 0 unspecified atom stereocenters. The van der Waals surface area contributed by atoms with Gasteiger partial charge in [-0.15, -0.1) is 0 Å². The van der Waals surface area contributed by atoms with Crippen LogP contribution in [0, 0.1) is 6.92 Å². The van der Waals surface area contributed by atoms with Crippen LogP contribution in [0.3, 0.4) is 0 Å². The van der Waals surface area contributed by atoms with Crippen molar-refractivity contribution in [2.75, 3.05) is 19.6 Å². The molecule has 1 nitrogen and oxygen atoms in total. The van der Waals surface area contributed by atoms with Crippen molar-refractivity contribution < 1.29 is 0 Å². The molecule has 0 fully saturated rings. The first kappa shape index (κ1) is 19.9. The zero-order valence-electron chi connectivity index (χ0n) is 11.6. The first-order chi connectivity index (χ1) is 7.85. The molecule has 0 amide bonds. The number of rotatable bonds is 12. The average Bonchev–Trinajstić information content (AvgIpc) is 2.30. The third-order valence-corrected chi connectivity index (χ3v) is 3.13. The number of hydrogen-bond acceptors (Lipinski definition) is 1. The quantitative estimate of drug-likeness (QED) is 0.364. The van der Waals surface area contributed by atoms with Crippen LogP contribution in [0.25, 0.3) is 0 Å². The molecule has 0 spiro atoms. The van der Waals surface area contributed by atoms with Gasteiger partial charge in [0, 0.05) is 0 Å². The molecule has 0 heterocycles. The maximum absolute atomic E-state index is 3.97. The van der Waals surface area contributed by atoms with E-state index >= 15 is 0 Å². The van der Waals surface area contributed by atoms with Crippen molar-refractivity contribution in [2.45, 2.75) is 71.6 Å². The number of unbranched alkanes of at least 4 members (excludes halogenated alkanes) is 6. The van der Waals surface area contributed by atoms with E-state index in [0.29, 0.717) is 0 Å². The van der Waals surface area contributed by atoms with Gasteiger partial charge in [-0.2, -0.15) is 0 Å².